The number of nitrogens with zero attached hydrogens (tertiary/aromatic N) is 3. The van der Waals surface area contributed by atoms with E-state index in [2.05, 4.69) is 21.9 Å². The average molecular weight is 476 g/mol. The Morgan fingerprint density at radius 2 is 1.43 bits per heavy atom. The fourth-order valence-corrected chi connectivity index (χ4v) is 4.54. The van der Waals surface area contributed by atoms with Crippen molar-refractivity contribution in [3.05, 3.63) is 67.6 Å². The maximum atomic E-state index is 13.0. The number of aromatic nitrogens is 5. The first kappa shape index (κ1) is 24.6. The van der Waals surface area contributed by atoms with Gasteiger partial charge in [-0.05, 0) is 12.5 Å². The molecule has 0 bridgehead atoms. The van der Waals surface area contributed by atoms with Gasteiger partial charge in [0.05, 0.1) is 10.9 Å². The Morgan fingerprint density at radius 3 is 2.11 bits per heavy atom. The van der Waals surface area contributed by atoms with Gasteiger partial charge in [0.25, 0.3) is 11.1 Å². The average Bonchev–Trinajstić information content (AvgIpc) is 2.85. The highest BCUT2D eigenvalue weighted by Gasteiger charge is 2.20. The summed E-state index contributed by atoms with van der Waals surface area (Å²) in [6.45, 7) is 2.75. The summed E-state index contributed by atoms with van der Waals surface area (Å²) < 4.78 is 1.76. The molecule has 2 aliphatic heterocycles. The zero-order valence-electron chi connectivity index (χ0n) is 20.3. The quantitative estimate of drug-likeness (QED) is 0.224. The first-order valence-electron chi connectivity index (χ1n) is 12.7. The number of fused-ring (bicyclic) bond motifs is 2. The number of hydrogen-bond donors (Lipinski definition) is 2. The number of aromatic amines is 2. The van der Waals surface area contributed by atoms with E-state index in [1.807, 2.05) is 30.3 Å². The molecule has 0 unspecified atom stereocenters. The Labute approximate surface area is 203 Å². The van der Waals surface area contributed by atoms with E-state index in [1.54, 1.807) is 4.57 Å². The topological polar surface area (TPSA) is 113 Å². The van der Waals surface area contributed by atoms with Gasteiger partial charge in [-0.3, -0.25) is 14.6 Å². The van der Waals surface area contributed by atoms with Gasteiger partial charge in [0.15, 0.2) is 5.82 Å². The van der Waals surface area contributed by atoms with Crippen LogP contribution >= 0.6 is 0 Å². The van der Waals surface area contributed by atoms with Crippen LogP contribution in [0.15, 0.2) is 50.8 Å². The standard InChI is InChI=1S/C27H33N5O3/c1-2-3-4-5-6-7-8-9-10-14-17-32-23-20(18-21-24(32)30-27(35)31-26(21)34)25(33)29-22(28-23)19-15-12-11-13-16-19/h11-13,15-16,18H,2-10,14,17H2,1H3,(H,28,29,33)(H,31,34,35). The van der Waals surface area contributed by atoms with E-state index in [1.165, 1.54) is 51.0 Å². The zero-order valence-corrected chi connectivity index (χ0v) is 20.3. The molecule has 0 atom stereocenters. The maximum absolute atomic E-state index is 13.0. The van der Waals surface area contributed by atoms with Crippen molar-refractivity contribution in [2.45, 2.75) is 77.7 Å². The molecule has 0 aliphatic carbocycles. The van der Waals surface area contributed by atoms with E-state index >= 15 is 0 Å². The molecule has 8 heteroatoms. The van der Waals surface area contributed by atoms with Gasteiger partial charge in [-0.25, -0.2) is 9.78 Å². The Kier molecular flexibility index (Phi) is 8.23. The molecular weight excluding hydrogens is 442 g/mol. The lowest BCUT2D eigenvalue weighted by molar-refractivity contribution is 0.536. The third-order valence-electron chi connectivity index (χ3n) is 6.43. The van der Waals surface area contributed by atoms with E-state index in [9.17, 15) is 14.4 Å². The summed E-state index contributed by atoms with van der Waals surface area (Å²) in [5, 5.41) is 0.301. The summed E-state index contributed by atoms with van der Waals surface area (Å²) in [7, 11) is 0. The van der Waals surface area contributed by atoms with Crippen LogP contribution in [-0.4, -0.2) is 24.5 Å². The molecule has 0 amide bonds. The molecule has 3 heterocycles. The van der Waals surface area contributed by atoms with Crippen LogP contribution in [0.4, 0.5) is 0 Å². The summed E-state index contributed by atoms with van der Waals surface area (Å²) in [6, 6.07) is 10.9. The normalized spacial score (nSPS) is 11.5. The molecule has 2 N–H and O–H groups in total. The van der Waals surface area contributed by atoms with Crippen LogP contribution in [0, 0.1) is 0 Å². The van der Waals surface area contributed by atoms with Crippen molar-refractivity contribution in [2.24, 2.45) is 0 Å². The first-order valence-corrected chi connectivity index (χ1v) is 12.7. The van der Waals surface area contributed by atoms with Crippen molar-refractivity contribution in [2.75, 3.05) is 0 Å². The number of nitrogens with one attached hydrogen (secondary N) is 2. The minimum atomic E-state index is -0.702. The fraction of sp³-hybridized carbons (Fsp3) is 0.444. The molecule has 0 spiro atoms. The second-order valence-corrected chi connectivity index (χ2v) is 9.10. The molecule has 35 heavy (non-hydrogen) atoms. The van der Waals surface area contributed by atoms with Crippen LogP contribution in [0.25, 0.3) is 33.8 Å². The number of benzene rings is 1. The minimum Gasteiger partial charge on any atom is -0.309 e. The molecule has 4 rings (SSSR count). The van der Waals surface area contributed by atoms with Crippen molar-refractivity contribution in [1.29, 1.82) is 0 Å². The van der Waals surface area contributed by atoms with Crippen molar-refractivity contribution in [3.8, 4) is 22.8 Å². The zero-order chi connectivity index (χ0) is 24.6. The number of hydrogen-bond acceptors (Lipinski definition) is 5. The summed E-state index contributed by atoms with van der Waals surface area (Å²) in [6.07, 6.45) is 11.9. The van der Waals surface area contributed by atoms with Crippen molar-refractivity contribution >= 4 is 11.0 Å². The van der Waals surface area contributed by atoms with Crippen LogP contribution in [0.2, 0.25) is 0 Å². The highest BCUT2D eigenvalue weighted by Crippen LogP contribution is 2.23. The highest BCUT2D eigenvalue weighted by atomic mass is 16.2. The lowest BCUT2D eigenvalue weighted by Crippen LogP contribution is -2.29. The van der Waals surface area contributed by atoms with Gasteiger partial charge in [0, 0.05) is 12.1 Å². The molecule has 1 aromatic carbocycles. The summed E-state index contributed by atoms with van der Waals surface area (Å²) in [5.41, 5.74) is -0.173. The number of pyridine rings is 1. The molecule has 0 fully saturated rings. The molecule has 184 valence electrons. The number of H-pyrrole nitrogens is 2. The van der Waals surface area contributed by atoms with Crippen LogP contribution in [0.1, 0.15) is 71.1 Å². The third kappa shape index (κ3) is 5.93. The van der Waals surface area contributed by atoms with Gasteiger partial charge in [-0.2, -0.15) is 4.98 Å². The number of unbranched alkanes of at least 4 members (excludes halogenated alkanes) is 9. The van der Waals surface area contributed by atoms with Crippen LogP contribution in [0.3, 0.4) is 0 Å². The summed E-state index contributed by atoms with van der Waals surface area (Å²) in [4.78, 5) is 51.3. The van der Waals surface area contributed by atoms with Crippen LogP contribution in [0.5, 0.6) is 0 Å². The fourth-order valence-electron chi connectivity index (χ4n) is 4.54. The Hall–Kier alpha value is -3.55. The van der Waals surface area contributed by atoms with Gasteiger partial charge in [-0.15, -0.1) is 0 Å². The van der Waals surface area contributed by atoms with E-state index in [0.29, 0.717) is 23.4 Å². The molecular formula is C27H33N5O3. The molecule has 8 nitrogen and oxygen atoms in total. The largest absolute Gasteiger partial charge is 0.349 e. The van der Waals surface area contributed by atoms with Crippen molar-refractivity contribution < 1.29 is 0 Å². The monoisotopic (exact) mass is 475 g/mol. The second kappa shape index (κ2) is 11.7. The van der Waals surface area contributed by atoms with E-state index in [4.69, 9.17) is 4.98 Å². The van der Waals surface area contributed by atoms with Crippen molar-refractivity contribution in [3.63, 3.8) is 0 Å². The Balaban J connectivity index is 1.60. The Morgan fingerprint density at radius 1 is 0.771 bits per heavy atom. The second-order valence-electron chi connectivity index (χ2n) is 9.10. The molecule has 0 saturated heterocycles. The maximum Gasteiger partial charge on any atom is 0.349 e. The predicted octanol–water partition coefficient (Wildman–Crippen LogP) is 4.86. The van der Waals surface area contributed by atoms with Crippen LogP contribution < -0.4 is 16.8 Å². The third-order valence-corrected chi connectivity index (χ3v) is 6.43. The number of rotatable bonds is 12. The predicted molar refractivity (Wildman–Crippen MR) is 139 cm³/mol. The molecule has 0 radical (unpaired) electrons. The molecule has 0 saturated carbocycles. The minimum absolute atomic E-state index is 0.212. The van der Waals surface area contributed by atoms with Crippen molar-refractivity contribution in [1.82, 2.24) is 24.5 Å². The summed E-state index contributed by atoms with van der Waals surface area (Å²) >= 11 is 0. The van der Waals surface area contributed by atoms with Crippen LogP contribution in [-0.2, 0) is 6.54 Å². The molecule has 2 aromatic rings. The SMILES string of the molecule is CCCCCCCCCCCCn1c2nc(=O)[nH]c(=O)c-2cc2c(=O)[nH]c(-c3ccccc3)nc21. The van der Waals surface area contributed by atoms with Gasteiger partial charge < -0.3 is 9.55 Å². The lowest BCUT2D eigenvalue weighted by atomic mass is 10.1. The van der Waals surface area contributed by atoms with Gasteiger partial charge >= 0.3 is 5.69 Å². The van der Waals surface area contributed by atoms with Gasteiger partial charge in [-0.1, -0.05) is 95.0 Å². The first-order chi connectivity index (χ1) is 17.1. The molecule has 2 aliphatic rings. The van der Waals surface area contributed by atoms with E-state index < -0.39 is 11.2 Å². The lowest BCUT2D eigenvalue weighted by Gasteiger charge is -2.17. The number of aryl methyl sites for hydroxylation is 1. The molecule has 1 aromatic heterocycles. The van der Waals surface area contributed by atoms with E-state index in [0.717, 1.165) is 24.8 Å². The summed E-state index contributed by atoms with van der Waals surface area (Å²) in [5.74, 6) is 0.700. The van der Waals surface area contributed by atoms with Gasteiger partial charge in [0.1, 0.15) is 11.5 Å². The Bertz CT molecular complexity index is 1400. The highest BCUT2D eigenvalue weighted by molar-refractivity contribution is 5.83. The van der Waals surface area contributed by atoms with Gasteiger partial charge in [0.2, 0.25) is 0 Å². The van der Waals surface area contributed by atoms with E-state index in [-0.39, 0.29) is 16.9 Å². The smallest absolute Gasteiger partial charge is 0.309 e.